The van der Waals surface area contributed by atoms with Crippen LogP contribution in [-0.4, -0.2) is 23.8 Å². The summed E-state index contributed by atoms with van der Waals surface area (Å²) in [6, 6.07) is 10.2. The fraction of sp³-hybridized carbons (Fsp3) is 0.500. The normalized spacial score (nSPS) is 24.3. The molecule has 2 rings (SSSR count). The van der Waals surface area contributed by atoms with Gasteiger partial charge in [-0.15, -0.1) is 0 Å². The molecule has 1 aliphatic rings. The minimum atomic E-state index is -0.530. The van der Waals surface area contributed by atoms with Crippen LogP contribution in [0.4, 0.5) is 0 Å². The van der Waals surface area contributed by atoms with Crippen molar-refractivity contribution in [2.45, 2.75) is 37.7 Å². The van der Waals surface area contributed by atoms with Crippen molar-refractivity contribution in [2.24, 2.45) is 0 Å². The molecule has 0 saturated heterocycles. The molecule has 3 heteroatoms. The second kappa shape index (κ2) is 5.82. The molecular weight excluding hydrogens is 216 g/mol. The van der Waals surface area contributed by atoms with E-state index in [1.54, 1.807) is 0 Å². The Morgan fingerprint density at radius 2 is 1.94 bits per heavy atom. The first-order chi connectivity index (χ1) is 8.31. The molecule has 0 unspecified atom stereocenters. The van der Waals surface area contributed by atoms with E-state index in [-0.39, 0.29) is 12.0 Å². The number of benzene rings is 1. The van der Waals surface area contributed by atoms with Gasteiger partial charge in [-0.2, -0.15) is 0 Å². The van der Waals surface area contributed by atoms with Gasteiger partial charge in [-0.05, 0) is 24.8 Å². The summed E-state index contributed by atoms with van der Waals surface area (Å²) in [6.07, 6.45) is 4.13. The third-order valence-electron chi connectivity index (χ3n) is 3.34. The van der Waals surface area contributed by atoms with Crippen LogP contribution in [0.15, 0.2) is 30.3 Å². The molecular formula is C14H18O3. The van der Waals surface area contributed by atoms with Crippen LogP contribution >= 0.6 is 0 Å². The van der Waals surface area contributed by atoms with Crippen molar-refractivity contribution in [3.05, 3.63) is 35.9 Å². The first-order valence-corrected chi connectivity index (χ1v) is 6.16. The highest BCUT2D eigenvalue weighted by Crippen LogP contribution is 2.34. The fourth-order valence-corrected chi connectivity index (χ4v) is 2.53. The Hall–Kier alpha value is -1.35. The predicted molar refractivity (Wildman–Crippen MR) is 64.6 cm³/mol. The summed E-state index contributed by atoms with van der Waals surface area (Å²) >= 11 is 0. The molecule has 0 heterocycles. The summed E-state index contributed by atoms with van der Waals surface area (Å²) in [5.41, 5.74) is 1.22. The molecule has 1 fully saturated rings. The molecule has 17 heavy (non-hydrogen) atoms. The molecule has 0 aromatic heterocycles. The highest BCUT2D eigenvalue weighted by Gasteiger charge is 2.29. The van der Waals surface area contributed by atoms with Gasteiger partial charge in [-0.3, -0.25) is 0 Å². The molecule has 0 spiro atoms. The Morgan fingerprint density at radius 3 is 2.65 bits per heavy atom. The Kier molecular flexibility index (Phi) is 4.15. The summed E-state index contributed by atoms with van der Waals surface area (Å²) in [7, 11) is 0. The average molecular weight is 234 g/mol. The number of aliphatic hydroxyl groups excluding tert-OH is 1. The van der Waals surface area contributed by atoms with E-state index in [1.165, 1.54) is 12.0 Å². The first kappa shape index (κ1) is 12.1. The number of carbonyl (C=O) groups is 1. The van der Waals surface area contributed by atoms with Gasteiger partial charge in [0, 0.05) is 5.92 Å². The Morgan fingerprint density at radius 1 is 1.24 bits per heavy atom. The molecule has 1 aromatic rings. The fourth-order valence-electron chi connectivity index (χ4n) is 2.53. The van der Waals surface area contributed by atoms with E-state index in [1.807, 2.05) is 18.2 Å². The molecule has 1 aromatic carbocycles. The number of aliphatic hydroxyl groups is 1. The molecule has 0 bridgehead atoms. The van der Waals surface area contributed by atoms with E-state index < -0.39 is 12.6 Å². The number of rotatable bonds is 3. The lowest BCUT2D eigenvalue weighted by Gasteiger charge is -2.31. The maximum atomic E-state index is 11.2. The number of carbonyl (C=O) groups excluding carboxylic acids is 1. The number of ether oxygens (including phenoxy) is 1. The van der Waals surface area contributed by atoms with E-state index in [0.717, 1.165) is 19.3 Å². The van der Waals surface area contributed by atoms with E-state index in [9.17, 15) is 4.79 Å². The smallest absolute Gasteiger partial charge is 0.332 e. The lowest BCUT2D eigenvalue weighted by atomic mass is 9.81. The van der Waals surface area contributed by atoms with Crippen LogP contribution < -0.4 is 0 Å². The van der Waals surface area contributed by atoms with Crippen molar-refractivity contribution in [3.63, 3.8) is 0 Å². The van der Waals surface area contributed by atoms with E-state index in [0.29, 0.717) is 0 Å². The second-order valence-corrected chi connectivity index (χ2v) is 4.49. The SMILES string of the molecule is O=C(CO)O[C@H]1CCCC[C@@H]1c1ccccc1. The lowest BCUT2D eigenvalue weighted by molar-refractivity contribution is -0.154. The zero-order valence-corrected chi connectivity index (χ0v) is 9.84. The quantitative estimate of drug-likeness (QED) is 0.816. The van der Waals surface area contributed by atoms with E-state index in [4.69, 9.17) is 9.84 Å². The van der Waals surface area contributed by atoms with Crippen molar-refractivity contribution in [3.8, 4) is 0 Å². The molecule has 0 amide bonds. The van der Waals surface area contributed by atoms with Crippen LogP contribution in [0.3, 0.4) is 0 Å². The molecule has 1 N–H and O–H groups in total. The van der Waals surface area contributed by atoms with Crippen molar-refractivity contribution in [1.82, 2.24) is 0 Å². The summed E-state index contributed by atoms with van der Waals surface area (Å²) in [4.78, 5) is 11.2. The highest BCUT2D eigenvalue weighted by atomic mass is 16.6. The van der Waals surface area contributed by atoms with Gasteiger partial charge in [0.15, 0.2) is 0 Å². The van der Waals surface area contributed by atoms with Gasteiger partial charge in [0.2, 0.25) is 0 Å². The van der Waals surface area contributed by atoms with Gasteiger partial charge < -0.3 is 9.84 Å². The van der Waals surface area contributed by atoms with E-state index >= 15 is 0 Å². The van der Waals surface area contributed by atoms with Gasteiger partial charge in [-0.25, -0.2) is 4.79 Å². The molecule has 0 aliphatic heterocycles. The molecule has 92 valence electrons. The zero-order valence-electron chi connectivity index (χ0n) is 9.84. The van der Waals surface area contributed by atoms with Crippen LogP contribution in [0.1, 0.15) is 37.2 Å². The highest BCUT2D eigenvalue weighted by molar-refractivity contribution is 5.70. The van der Waals surface area contributed by atoms with E-state index in [2.05, 4.69) is 12.1 Å². The Bertz CT molecular complexity index is 361. The summed E-state index contributed by atoms with van der Waals surface area (Å²) in [6.45, 7) is -0.530. The van der Waals surface area contributed by atoms with Crippen molar-refractivity contribution in [1.29, 1.82) is 0 Å². The molecule has 3 nitrogen and oxygen atoms in total. The molecule has 1 saturated carbocycles. The topological polar surface area (TPSA) is 46.5 Å². The predicted octanol–water partition coefficient (Wildman–Crippen LogP) is 2.25. The Labute approximate surface area is 101 Å². The van der Waals surface area contributed by atoms with Crippen LogP contribution in [0.25, 0.3) is 0 Å². The van der Waals surface area contributed by atoms with Crippen molar-refractivity contribution in [2.75, 3.05) is 6.61 Å². The van der Waals surface area contributed by atoms with Crippen molar-refractivity contribution >= 4 is 5.97 Å². The number of esters is 1. The van der Waals surface area contributed by atoms with Crippen LogP contribution in [-0.2, 0) is 9.53 Å². The largest absolute Gasteiger partial charge is 0.460 e. The maximum Gasteiger partial charge on any atom is 0.332 e. The minimum Gasteiger partial charge on any atom is -0.460 e. The number of hydrogen-bond donors (Lipinski definition) is 1. The number of hydrogen-bond acceptors (Lipinski definition) is 3. The first-order valence-electron chi connectivity index (χ1n) is 6.16. The van der Waals surface area contributed by atoms with Crippen LogP contribution in [0.2, 0.25) is 0 Å². The lowest BCUT2D eigenvalue weighted by Crippen LogP contribution is -2.29. The monoisotopic (exact) mass is 234 g/mol. The van der Waals surface area contributed by atoms with Gasteiger partial charge >= 0.3 is 5.97 Å². The van der Waals surface area contributed by atoms with Crippen LogP contribution in [0, 0.1) is 0 Å². The standard InChI is InChI=1S/C14H18O3/c15-10-14(16)17-13-9-5-4-8-12(13)11-6-2-1-3-7-11/h1-3,6-7,12-13,15H,4-5,8-10H2/t12-,13+/m1/s1. The van der Waals surface area contributed by atoms with Crippen LogP contribution in [0.5, 0.6) is 0 Å². The summed E-state index contributed by atoms with van der Waals surface area (Å²) in [5, 5.41) is 8.75. The van der Waals surface area contributed by atoms with Gasteiger partial charge in [0.1, 0.15) is 12.7 Å². The summed E-state index contributed by atoms with van der Waals surface area (Å²) < 4.78 is 5.32. The molecule has 2 atom stereocenters. The molecule has 0 radical (unpaired) electrons. The summed E-state index contributed by atoms with van der Waals surface area (Å²) in [5.74, 6) is -0.238. The van der Waals surface area contributed by atoms with Crippen molar-refractivity contribution < 1.29 is 14.6 Å². The van der Waals surface area contributed by atoms with Gasteiger partial charge in [0.25, 0.3) is 0 Å². The second-order valence-electron chi connectivity index (χ2n) is 4.49. The minimum absolute atomic E-state index is 0.0780. The maximum absolute atomic E-state index is 11.2. The third kappa shape index (κ3) is 3.07. The third-order valence-corrected chi connectivity index (χ3v) is 3.34. The van der Waals surface area contributed by atoms with Gasteiger partial charge in [-0.1, -0.05) is 36.8 Å². The molecule has 1 aliphatic carbocycles. The zero-order chi connectivity index (χ0) is 12.1. The average Bonchev–Trinajstić information content (AvgIpc) is 2.40. The van der Waals surface area contributed by atoms with Gasteiger partial charge in [0.05, 0.1) is 0 Å². The Balaban J connectivity index is 2.09.